The first-order chi connectivity index (χ1) is 10.2. The second-order valence-corrected chi connectivity index (χ2v) is 6.07. The van der Waals surface area contributed by atoms with Crippen molar-refractivity contribution in [3.05, 3.63) is 23.4 Å². The molecule has 3 rings (SSSR count). The summed E-state index contributed by atoms with van der Waals surface area (Å²) >= 11 is 1.58. The standard InChI is InChI=1S/C14H17N3O3S.ClH/c18-14(19)10-4-1-7-17(10)8-2-6-12-15-13(16-20-12)11-5-3-9-21-11;/h3,5,9-10H,1-2,4,6-8H2,(H,18,19);1H/t10-;/m1./s1. The molecule has 0 aliphatic carbocycles. The number of aliphatic carboxylic acids is 1. The van der Waals surface area contributed by atoms with Crippen LogP contribution in [-0.2, 0) is 11.2 Å². The van der Waals surface area contributed by atoms with Gasteiger partial charge in [-0.05, 0) is 43.8 Å². The van der Waals surface area contributed by atoms with E-state index in [1.807, 2.05) is 22.4 Å². The minimum absolute atomic E-state index is 0. The average Bonchev–Trinajstić information content (AvgIpc) is 3.20. The zero-order valence-electron chi connectivity index (χ0n) is 12.0. The Morgan fingerprint density at radius 1 is 1.55 bits per heavy atom. The van der Waals surface area contributed by atoms with Crippen molar-refractivity contribution in [2.24, 2.45) is 0 Å². The molecule has 8 heteroatoms. The van der Waals surface area contributed by atoms with E-state index in [4.69, 9.17) is 9.63 Å². The Morgan fingerprint density at radius 2 is 2.41 bits per heavy atom. The quantitative estimate of drug-likeness (QED) is 0.868. The van der Waals surface area contributed by atoms with E-state index >= 15 is 0 Å². The maximum Gasteiger partial charge on any atom is 0.320 e. The van der Waals surface area contributed by atoms with Crippen LogP contribution < -0.4 is 0 Å². The van der Waals surface area contributed by atoms with Gasteiger partial charge in [-0.1, -0.05) is 11.2 Å². The number of nitrogens with zero attached hydrogens (tertiary/aromatic N) is 3. The highest BCUT2D eigenvalue weighted by Gasteiger charge is 2.29. The molecular weight excluding hydrogens is 326 g/mol. The summed E-state index contributed by atoms with van der Waals surface area (Å²) in [5.41, 5.74) is 0. The van der Waals surface area contributed by atoms with Crippen molar-refractivity contribution in [1.29, 1.82) is 0 Å². The highest BCUT2D eigenvalue weighted by Crippen LogP contribution is 2.22. The predicted molar refractivity (Wildman–Crippen MR) is 85.4 cm³/mol. The molecule has 0 bridgehead atoms. The van der Waals surface area contributed by atoms with Crippen LogP contribution in [0.2, 0.25) is 0 Å². The third-order valence-corrected chi connectivity index (χ3v) is 4.56. The van der Waals surface area contributed by atoms with Gasteiger partial charge in [-0.2, -0.15) is 4.98 Å². The lowest BCUT2D eigenvalue weighted by molar-refractivity contribution is -0.142. The Balaban J connectivity index is 0.00000176. The zero-order valence-corrected chi connectivity index (χ0v) is 13.6. The van der Waals surface area contributed by atoms with Crippen molar-refractivity contribution in [3.8, 4) is 10.7 Å². The summed E-state index contributed by atoms with van der Waals surface area (Å²) in [5.74, 6) is 0.527. The fraction of sp³-hybridized carbons (Fsp3) is 0.500. The molecule has 0 saturated carbocycles. The van der Waals surface area contributed by atoms with E-state index < -0.39 is 5.97 Å². The van der Waals surface area contributed by atoms with E-state index in [-0.39, 0.29) is 18.4 Å². The van der Waals surface area contributed by atoms with Crippen LogP contribution in [0.3, 0.4) is 0 Å². The molecule has 6 nitrogen and oxygen atoms in total. The van der Waals surface area contributed by atoms with E-state index in [9.17, 15) is 4.79 Å². The van der Waals surface area contributed by atoms with Crippen molar-refractivity contribution in [2.75, 3.05) is 13.1 Å². The largest absolute Gasteiger partial charge is 0.480 e. The molecular formula is C14H18ClN3O3S. The maximum absolute atomic E-state index is 11.1. The number of likely N-dealkylation sites (tertiary alicyclic amines) is 1. The first-order valence-electron chi connectivity index (χ1n) is 7.07. The van der Waals surface area contributed by atoms with Crippen LogP contribution in [0.5, 0.6) is 0 Å². The van der Waals surface area contributed by atoms with Crippen LogP contribution >= 0.6 is 23.7 Å². The summed E-state index contributed by atoms with van der Waals surface area (Å²) in [6.07, 6.45) is 3.22. The molecule has 0 amide bonds. The Morgan fingerprint density at radius 3 is 3.14 bits per heavy atom. The lowest BCUT2D eigenvalue weighted by Crippen LogP contribution is -2.36. The highest BCUT2D eigenvalue weighted by atomic mass is 35.5. The average molecular weight is 344 g/mol. The minimum atomic E-state index is -0.717. The van der Waals surface area contributed by atoms with Crippen LogP contribution in [-0.4, -0.2) is 45.2 Å². The molecule has 1 atom stereocenters. The fourth-order valence-electron chi connectivity index (χ4n) is 2.67. The second kappa shape index (κ2) is 7.71. The van der Waals surface area contributed by atoms with Crippen molar-refractivity contribution in [1.82, 2.24) is 15.0 Å². The molecule has 0 unspecified atom stereocenters. The van der Waals surface area contributed by atoms with Crippen molar-refractivity contribution in [3.63, 3.8) is 0 Å². The van der Waals surface area contributed by atoms with Crippen molar-refractivity contribution < 1.29 is 14.4 Å². The number of carbonyl (C=O) groups is 1. The minimum Gasteiger partial charge on any atom is -0.480 e. The SMILES string of the molecule is Cl.O=C(O)[C@H]1CCCN1CCCc1nc(-c2cccs2)no1. The van der Waals surface area contributed by atoms with Gasteiger partial charge in [0.25, 0.3) is 0 Å². The smallest absolute Gasteiger partial charge is 0.320 e. The number of rotatable bonds is 6. The van der Waals surface area contributed by atoms with Crippen molar-refractivity contribution >= 4 is 29.7 Å². The van der Waals surface area contributed by atoms with E-state index in [1.54, 1.807) is 11.3 Å². The third kappa shape index (κ3) is 3.85. The van der Waals surface area contributed by atoms with Gasteiger partial charge in [-0.25, -0.2) is 0 Å². The summed E-state index contributed by atoms with van der Waals surface area (Å²) in [7, 11) is 0. The Kier molecular flexibility index (Phi) is 5.93. The topological polar surface area (TPSA) is 79.5 Å². The van der Waals surface area contributed by atoms with Crippen LogP contribution in [0.1, 0.15) is 25.2 Å². The molecule has 0 aromatic carbocycles. The molecule has 120 valence electrons. The second-order valence-electron chi connectivity index (χ2n) is 5.12. The van der Waals surface area contributed by atoms with E-state index in [1.165, 1.54) is 0 Å². The first-order valence-corrected chi connectivity index (χ1v) is 7.95. The monoisotopic (exact) mass is 343 g/mol. The van der Waals surface area contributed by atoms with Gasteiger partial charge in [0, 0.05) is 6.42 Å². The Labute approximate surface area is 138 Å². The molecule has 0 radical (unpaired) electrons. The molecule has 1 saturated heterocycles. The lowest BCUT2D eigenvalue weighted by atomic mass is 10.2. The van der Waals surface area contributed by atoms with Crippen molar-refractivity contribution in [2.45, 2.75) is 31.7 Å². The van der Waals surface area contributed by atoms with E-state index in [2.05, 4.69) is 10.1 Å². The number of thiophene rings is 1. The number of hydrogen-bond donors (Lipinski definition) is 1. The summed E-state index contributed by atoms with van der Waals surface area (Å²) in [6.45, 7) is 1.62. The fourth-order valence-corrected chi connectivity index (χ4v) is 3.32. The van der Waals surface area contributed by atoms with Crippen LogP contribution in [0.15, 0.2) is 22.0 Å². The molecule has 2 aromatic rings. The summed E-state index contributed by atoms with van der Waals surface area (Å²) in [4.78, 5) is 18.5. The van der Waals surface area contributed by atoms with Gasteiger partial charge in [0.15, 0.2) is 0 Å². The molecule has 1 N–H and O–H groups in total. The van der Waals surface area contributed by atoms with Crippen LogP contribution in [0.4, 0.5) is 0 Å². The van der Waals surface area contributed by atoms with Gasteiger partial charge >= 0.3 is 5.97 Å². The number of halogens is 1. The van der Waals surface area contributed by atoms with Crippen LogP contribution in [0, 0.1) is 0 Å². The molecule has 1 fully saturated rings. The number of carboxylic acids is 1. The van der Waals surface area contributed by atoms with E-state index in [0.717, 1.165) is 37.2 Å². The normalized spacial score (nSPS) is 18.3. The molecule has 3 heterocycles. The highest BCUT2D eigenvalue weighted by molar-refractivity contribution is 7.13. The van der Waals surface area contributed by atoms with Gasteiger partial charge in [0.2, 0.25) is 11.7 Å². The van der Waals surface area contributed by atoms with Gasteiger partial charge < -0.3 is 9.63 Å². The van der Waals surface area contributed by atoms with Gasteiger partial charge in [-0.15, -0.1) is 23.7 Å². The molecule has 22 heavy (non-hydrogen) atoms. The number of aryl methyl sites for hydroxylation is 1. The van der Waals surface area contributed by atoms with E-state index in [0.29, 0.717) is 18.1 Å². The van der Waals surface area contributed by atoms with Crippen LogP contribution in [0.25, 0.3) is 10.7 Å². The van der Waals surface area contributed by atoms with Gasteiger partial charge in [-0.3, -0.25) is 9.69 Å². The third-order valence-electron chi connectivity index (χ3n) is 3.69. The summed E-state index contributed by atoms with van der Waals surface area (Å²) < 4.78 is 5.24. The Hall–Kier alpha value is -1.44. The number of aromatic nitrogens is 2. The van der Waals surface area contributed by atoms with Gasteiger partial charge in [0.05, 0.1) is 4.88 Å². The number of carboxylic acid groups (broad SMARTS) is 1. The zero-order chi connectivity index (χ0) is 14.7. The predicted octanol–water partition coefficient (Wildman–Crippen LogP) is 2.70. The summed E-state index contributed by atoms with van der Waals surface area (Å²) in [6, 6.07) is 3.59. The molecule has 1 aliphatic heterocycles. The first kappa shape index (κ1) is 16.9. The Bertz CT molecular complexity index is 602. The maximum atomic E-state index is 11.1. The lowest BCUT2D eigenvalue weighted by Gasteiger charge is -2.20. The molecule has 1 aliphatic rings. The summed E-state index contributed by atoms with van der Waals surface area (Å²) in [5, 5.41) is 15.1. The van der Waals surface area contributed by atoms with Gasteiger partial charge in [0.1, 0.15) is 6.04 Å². The number of hydrogen-bond acceptors (Lipinski definition) is 6. The molecule has 0 spiro atoms. The molecule has 2 aromatic heterocycles.